The van der Waals surface area contributed by atoms with Gasteiger partial charge in [-0.05, 0) is 28.1 Å². The molecule has 0 aliphatic rings. The Kier molecular flexibility index (Phi) is 3.43. The molecule has 0 unspecified atom stereocenters. The molecule has 88 valence electrons. The predicted molar refractivity (Wildman–Crippen MR) is 69.4 cm³/mol. The zero-order valence-electron chi connectivity index (χ0n) is 8.93. The lowest BCUT2D eigenvalue weighted by atomic mass is 10.3. The number of amides is 1. The zero-order valence-corrected chi connectivity index (χ0v) is 10.5. The number of nitrogen functional groups attached to an aromatic ring is 1. The van der Waals surface area contributed by atoms with Crippen molar-refractivity contribution >= 4 is 33.3 Å². The van der Waals surface area contributed by atoms with E-state index < -0.39 is 0 Å². The summed E-state index contributed by atoms with van der Waals surface area (Å²) in [4.78, 5) is 11.7. The maximum absolute atomic E-state index is 11.7. The number of nitrogens with one attached hydrogen (secondary N) is 1. The van der Waals surface area contributed by atoms with Crippen LogP contribution in [0.25, 0.3) is 0 Å². The summed E-state index contributed by atoms with van der Waals surface area (Å²) < 4.78 is 2.17. The molecule has 0 fully saturated rings. The molecule has 2 rings (SSSR count). The number of carbonyl (C=O) groups is 1. The summed E-state index contributed by atoms with van der Waals surface area (Å²) in [5, 5.41) is 6.74. The summed E-state index contributed by atoms with van der Waals surface area (Å²) in [6.07, 6.45) is 1.67. The van der Waals surface area contributed by atoms with Crippen molar-refractivity contribution in [3.05, 3.63) is 41.0 Å². The SMILES string of the molecule is Nc1nn(CC(=O)Nc2ccccc2)cc1Br. The number of halogens is 1. The van der Waals surface area contributed by atoms with Crippen molar-refractivity contribution in [2.75, 3.05) is 11.1 Å². The van der Waals surface area contributed by atoms with E-state index in [1.165, 1.54) is 4.68 Å². The predicted octanol–water partition coefficient (Wildman–Crippen LogP) is 1.87. The van der Waals surface area contributed by atoms with Gasteiger partial charge < -0.3 is 11.1 Å². The number of benzene rings is 1. The Hall–Kier alpha value is -1.82. The van der Waals surface area contributed by atoms with Gasteiger partial charge in [0.2, 0.25) is 5.91 Å². The maximum atomic E-state index is 11.7. The molecule has 2 aromatic rings. The summed E-state index contributed by atoms with van der Waals surface area (Å²) in [6.45, 7) is 0.130. The third-order valence-corrected chi connectivity index (χ3v) is 2.72. The van der Waals surface area contributed by atoms with Crippen LogP contribution >= 0.6 is 15.9 Å². The first-order chi connectivity index (χ1) is 8.15. The van der Waals surface area contributed by atoms with Gasteiger partial charge in [-0.1, -0.05) is 18.2 Å². The van der Waals surface area contributed by atoms with Gasteiger partial charge in [0.15, 0.2) is 5.82 Å². The third-order valence-electron chi connectivity index (χ3n) is 2.11. The minimum atomic E-state index is -0.147. The van der Waals surface area contributed by atoms with Crippen molar-refractivity contribution in [2.24, 2.45) is 0 Å². The standard InChI is InChI=1S/C11H11BrN4O/c12-9-6-16(15-11(9)13)7-10(17)14-8-4-2-1-3-5-8/h1-6H,7H2,(H2,13,15)(H,14,17). The van der Waals surface area contributed by atoms with E-state index in [0.717, 1.165) is 5.69 Å². The molecule has 0 aliphatic carbocycles. The first-order valence-corrected chi connectivity index (χ1v) is 5.78. The number of hydrogen-bond donors (Lipinski definition) is 2. The van der Waals surface area contributed by atoms with Crippen LogP contribution < -0.4 is 11.1 Å². The van der Waals surface area contributed by atoms with Crippen LogP contribution in [-0.2, 0) is 11.3 Å². The average molecular weight is 295 g/mol. The highest BCUT2D eigenvalue weighted by molar-refractivity contribution is 9.10. The molecular formula is C11H11BrN4O. The van der Waals surface area contributed by atoms with Crippen molar-refractivity contribution in [2.45, 2.75) is 6.54 Å². The van der Waals surface area contributed by atoms with Gasteiger partial charge in [0.05, 0.1) is 4.47 Å². The Morgan fingerprint density at radius 1 is 1.41 bits per heavy atom. The number of aromatic nitrogens is 2. The van der Waals surface area contributed by atoms with Gasteiger partial charge >= 0.3 is 0 Å². The second kappa shape index (κ2) is 5.01. The van der Waals surface area contributed by atoms with E-state index in [-0.39, 0.29) is 12.5 Å². The summed E-state index contributed by atoms with van der Waals surface area (Å²) >= 11 is 3.23. The Labute approximate surface area is 107 Å². The second-order valence-electron chi connectivity index (χ2n) is 3.47. The van der Waals surface area contributed by atoms with Crippen molar-refractivity contribution in [3.63, 3.8) is 0 Å². The van der Waals surface area contributed by atoms with E-state index >= 15 is 0 Å². The van der Waals surface area contributed by atoms with Gasteiger partial charge in [-0.2, -0.15) is 5.10 Å². The fourth-order valence-electron chi connectivity index (χ4n) is 1.36. The number of rotatable bonds is 3. The number of hydrogen-bond acceptors (Lipinski definition) is 3. The topological polar surface area (TPSA) is 72.9 Å². The van der Waals surface area contributed by atoms with Crippen LogP contribution in [0, 0.1) is 0 Å². The van der Waals surface area contributed by atoms with Crippen molar-refractivity contribution in [1.82, 2.24) is 9.78 Å². The molecule has 0 radical (unpaired) electrons. The number of nitrogens with zero attached hydrogens (tertiary/aromatic N) is 2. The molecule has 17 heavy (non-hydrogen) atoms. The number of carbonyl (C=O) groups excluding carboxylic acids is 1. The fourth-order valence-corrected chi connectivity index (χ4v) is 1.68. The molecule has 5 nitrogen and oxygen atoms in total. The fraction of sp³-hybridized carbons (Fsp3) is 0.0909. The summed E-state index contributed by atoms with van der Waals surface area (Å²) in [7, 11) is 0. The first kappa shape index (κ1) is 11.7. The largest absolute Gasteiger partial charge is 0.381 e. The molecule has 6 heteroatoms. The molecule has 1 aromatic heterocycles. The van der Waals surface area contributed by atoms with Crippen LogP contribution in [0.15, 0.2) is 41.0 Å². The van der Waals surface area contributed by atoms with Gasteiger partial charge in [0.25, 0.3) is 0 Å². The third kappa shape index (κ3) is 3.07. The lowest BCUT2D eigenvalue weighted by Crippen LogP contribution is -2.19. The molecule has 0 saturated carbocycles. The Morgan fingerprint density at radius 3 is 2.71 bits per heavy atom. The van der Waals surface area contributed by atoms with Crippen molar-refractivity contribution in [1.29, 1.82) is 0 Å². The highest BCUT2D eigenvalue weighted by Gasteiger charge is 2.07. The molecule has 0 aliphatic heterocycles. The summed E-state index contributed by atoms with van der Waals surface area (Å²) in [5.41, 5.74) is 6.32. The van der Waals surface area contributed by atoms with E-state index in [1.54, 1.807) is 6.20 Å². The molecule has 0 spiro atoms. The Bertz CT molecular complexity index is 504. The number of nitrogens with two attached hydrogens (primary N) is 1. The molecule has 1 heterocycles. The minimum absolute atomic E-state index is 0.130. The Morgan fingerprint density at radius 2 is 2.12 bits per heavy atom. The number of para-hydroxylation sites is 1. The highest BCUT2D eigenvalue weighted by atomic mass is 79.9. The van der Waals surface area contributed by atoms with Crippen molar-refractivity contribution < 1.29 is 4.79 Å². The smallest absolute Gasteiger partial charge is 0.246 e. The van der Waals surface area contributed by atoms with Crippen LogP contribution in [0.2, 0.25) is 0 Å². The van der Waals surface area contributed by atoms with E-state index in [0.29, 0.717) is 10.3 Å². The first-order valence-electron chi connectivity index (χ1n) is 4.98. The molecule has 1 amide bonds. The zero-order chi connectivity index (χ0) is 12.3. The minimum Gasteiger partial charge on any atom is -0.381 e. The van der Waals surface area contributed by atoms with E-state index in [2.05, 4.69) is 26.3 Å². The summed E-state index contributed by atoms with van der Waals surface area (Å²) in [5.74, 6) is 0.226. The number of anilines is 2. The van der Waals surface area contributed by atoms with Crippen molar-refractivity contribution in [3.8, 4) is 0 Å². The lowest BCUT2D eigenvalue weighted by molar-refractivity contribution is -0.116. The average Bonchev–Trinajstić information content (AvgIpc) is 2.59. The molecule has 1 aromatic carbocycles. The molecule has 3 N–H and O–H groups in total. The van der Waals surface area contributed by atoms with Gasteiger partial charge in [0.1, 0.15) is 6.54 Å². The van der Waals surface area contributed by atoms with Crippen LogP contribution in [0.5, 0.6) is 0 Å². The van der Waals surface area contributed by atoms with E-state index in [1.807, 2.05) is 30.3 Å². The summed E-state index contributed by atoms with van der Waals surface area (Å²) in [6, 6.07) is 9.26. The Balaban J connectivity index is 1.98. The molecule has 0 saturated heterocycles. The molecule has 0 bridgehead atoms. The second-order valence-corrected chi connectivity index (χ2v) is 4.33. The normalized spacial score (nSPS) is 10.2. The van der Waals surface area contributed by atoms with Gasteiger partial charge in [0, 0.05) is 11.9 Å². The lowest BCUT2D eigenvalue weighted by Gasteiger charge is -2.04. The van der Waals surface area contributed by atoms with Gasteiger partial charge in [-0.3, -0.25) is 9.48 Å². The van der Waals surface area contributed by atoms with E-state index in [9.17, 15) is 4.79 Å². The quantitative estimate of drug-likeness (QED) is 0.908. The monoisotopic (exact) mass is 294 g/mol. The highest BCUT2D eigenvalue weighted by Crippen LogP contribution is 2.16. The van der Waals surface area contributed by atoms with Crippen LogP contribution in [-0.4, -0.2) is 15.7 Å². The molecular weight excluding hydrogens is 284 g/mol. The van der Waals surface area contributed by atoms with E-state index in [4.69, 9.17) is 5.73 Å². The van der Waals surface area contributed by atoms with Crippen LogP contribution in [0.3, 0.4) is 0 Å². The van der Waals surface area contributed by atoms with Crippen LogP contribution in [0.4, 0.5) is 11.5 Å². The van der Waals surface area contributed by atoms with Gasteiger partial charge in [-0.15, -0.1) is 0 Å². The molecule has 0 atom stereocenters. The van der Waals surface area contributed by atoms with Crippen LogP contribution in [0.1, 0.15) is 0 Å². The maximum Gasteiger partial charge on any atom is 0.246 e. The van der Waals surface area contributed by atoms with Gasteiger partial charge in [-0.25, -0.2) is 0 Å².